The second-order valence-electron chi connectivity index (χ2n) is 4.48. The van der Waals surface area contributed by atoms with Gasteiger partial charge < -0.3 is 15.4 Å². The summed E-state index contributed by atoms with van der Waals surface area (Å²) in [5, 5.41) is 8.74. The number of methoxy groups -OCH3 is 1. The highest BCUT2D eigenvalue weighted by molar-refractivity contribution is 7.16. The fourth-order valence-electron chi connectivity index (χ4n) is 2.10. The number of fused-ring (bicyclic) bond motifs is 1. The van der Waals surface area contributed by atoms with Crippen LogP contribution in [0.3, 0.4) is 0 Å². The minimum Gasteiger partial charge on any atom is -0.495 e. The van der Waals surface area contributed by atoms with E-state index in [1.54, 1.807) is 43.7 Å². The number of nitrogens with one attached hydrogen (secondary N) is 2. The van der Waals surface area contributed by atoms with Gasteiger partial charge in [0.15, 0.2) is 0 Å². The van der Waals surface area contributed by atoms with Crippen LogP contribution in [0.1, 0.15) is 10.4 Å². The number of aromatic nitrogens is 2. The molecular weight excluding hydrogens is 300 g/mol. The molecule has 2 heterocycles. The Kier molecular flexibility index (Phi) is 3.88. The lowest BCUT2D eigenvalue weighted by molar-refractivity contribution is 0.0963. The van der Waals surface area contributed by atoms with Crippen LogP contribution in [0.15, 0.2) is 36.0 Å². The topological polar surface area (TPSA) is 76.1 Å². The molecule has 6 nitrogen and oxygen atoms in total. The highest BCUT2D eigenvalue weighted by Gasteiger charge is 2.11. The van der Waals surface area contributed by atoms with Gasteiger partial charge in [-0.25, -0.2) is 9.97 Å². The van der Waals surface area contributed by atoms with Gasteiger partial charge >= 0.3 is 0 Å². The lowest BCUT2D eigenvalue weighted by Crippen LogP contribution is -2.17. The quantitative estimate of drug-likeness (QED) is 0.774. The molecule has 0 bridgehead atoms. The van der Waals surface area contributed by atoms with E-state index in [0.29, 0.717) is 17.1 Å². The number of hydrogen-bond acceptors (Lipinski definition) is 6. The van der Waals surface area contributed by atoms with Gasteiger partial charge in [-0.2, -0.15) is 0 Å². The molecule has 0 fully saturated rings. The number of carbonyl (C=O) groups excluding carboxylic acids is 1. The van der Waals surface area contributed by atoms with Crippen LogP contribution in [0.25, 0.3) is 10.2 Å². The van der Waals surface area contributed by atoms with Crippen LogP contribution in [0.2, 0.25) is 0 Å². The number of nitrogens with zero attached hydrogens (tertiary/aromatic N) is 2. The molecule has 0 saturated heterocycles. The number of hydrogen-bond donors (Lipinski definition) is 2. The van der Waals surface area contributed by atoms with Gasteiger partial charge in [0.25, 0.3) is 5.91 Å². The third kappa shape index (κ3) is 2.58. The highest BCUT2D eigenvalue weighted by Crippen LogP contribution is 2.31. The molecule has 0 saturated carbocycles. The molecule has 0 aliphatic rings. The van der Waals surface area contributed by atoms with E-state index in [1.807, 2.05) is 11.4 Å². The maximum absolute atomic E-state index is 11.7. The smallest absolute Gasteiger partial charge is 0.251 e. The van der Waals surface area contributed by atoms with Gasteiger partial charge in [-0.3, -0.25) is 4.79 Å². The number of rotatable bonds is 4. The van der Waals surface area contributed by atoms with Gasteiger partial charge in [-0.1, -0.05) is 0 Å². The first-order valence-electron chi connectivity index (χ1n) is 6.58. The lowest BCUT2D eigenvalue weighted by Gasteiger charge is -2.12. The molecular formula is C15H14N4O2S. The van der Waals surface area contributed by atoms with Gasteiger partial charge in [0.2, 0.25) is 0 Å². The summed E-state index contributed by atoms with van der Waals surface area (Å²) in [6.45, 7) is 0. The summed E-state index contributed by atoms with van der Waals surface area (Å²) in [5.41, 5.74) is 1.27. The molecule has 3 aromatic rings. The normalized spacial score (nSPS) is 10.5. The predicted octanol–water partition coefficient (Wildman–Crippen LogP) is 2.80. The Bertz CT molecular complexity index is 831. The number of carbonyl (C=O) groups is 1. The van der Waals surface area contributed by atoms with Crippen molar-refractivity contribution in [1.29, 1.82) is 0 Å². The van der Waals surface area contributed by atoms with Gasteiger partial charge in [-0.05, 0) is 29.6 Å². The van der Waals surface area contributed by atoms with Crippen molar-refractivity contribution in [3.8, 4) is 5.75 Å². The van der Waals surface area contributed by atoms with Crippen molar-refractivity contribution in [3.05, 3.63) is 41.5 Å². The first kappa shape index (κ1) is 14.3. The maximum atomic E-state index is 11.7. The molecule has 0 aliphatic carbocycles. The molecule has 7 heteroatoms. The van der Waals surface area contributed by atoms with Crippen LogP contribution in [0.4, 0.5) is 11.5 Å². The molecule has 1 amide bonds. The van der Waals surface area contributed by atoms with E-state index in [1.165, 1.54) is 6.33 Å². The zero-order valence-corrected chi connectivity index (χ0v) is 12.9. The summed E-state index contributed by atoms with van der Waals surface area (Å²) >= 11 is 1.56. The van der Waals surface area contributed by atoms with Gasteiger partial charge in [0, 0.05) is 12.6 Å². The summed E-state index contributed by atoms with van der Waals surface area (Å²) in [6, 6.07) is 7.18. The van der Waals surface area contributed by atoms with Crippen molar-refractivity contribution in [2.24, 2.45) is 0 Å². The Morgan fingerprint density at radius 3 is 2.91 bits per heavy atom. The van der Waals surface area contributed by atoms with Crippen LogP contribution in [0.5, 0.6) is 5.75 Å². The Balaban J connectivity index is 1.98. The summed E-state index contributed by atoms with van der Waals surface area (Å²) in [4.78, 5) is 21.1. The third-order valence-electron chi connectivity index (χ3n) is 3.21. The summed E-state index contributed by atoms with van der Waals surface area (Å²) in [5.74, 6) is 1.12. The maximum Gasteiger partial charge on any atom is 0.251 e. The molecule has 2 aromatic heterocycles. The summed E-state index contributed by atoms with van der Waals surface area (Å²) in [7, 11) is 3.16. The van der Waals surface area contributed by atoms with E-state index < -0.39 is 0 Å². The molecule has 2 N–H and O–H groups in total. The average Bonchev–Trinajstić information content (AvgIpc) is 3.04. The van der Waals surface area contributed by atoms with Crippen molar-refractivity contribution >= 4 is 39.0 Å². The largest absolute Gasteiger partial charge is 0.495 e. The highest BCUT2D eigenvalue weighted by atomic mass is 32.1. The molecule has 0 aliphatic heterocycles. The van der Waals surface area contributed by atoms with E-state index >= 15 is 0 Å². The summed E-state index contributed by atoms with van der Waals surface area (Å²) < 4.78 is 5.36. The number of benzene rings is 1. The first-order valence-corrected chi connectivity index (χ1v) is 7.46. The van der Waals surface area contributed by atoms with Crippen molar-refractivity contribution in [1.82, 2.24) is 15.3 Å². The minimum atomic E-state index is -0.160. The average molecular weight is 314 g/mol. The fourth-order valence-corrected chi connectivity index (χ4v) is 2.83. The van der Waals surface area contributed by atoms with Crippen molar-refractivity contribution in [3.63, 3.8) is 0 Å². The van der Waals surface area contributed by atoms with Crippen LogP contribution < -0.4 is 15.4 Å². The summed E-state index contributed by atoms with van der Waals surface area (Å²) in [6.07, 6.45) is 1.52. The zero-order valence-electron chi connectivity index (χ0n) is 12.1. The van der Waals surface area contributed by atoms with E-state index in [2.05, 4.69) is 20.6 Å². The Labute approximate surface area is 131 Å². The second-order valence-corrected chi connectivity index (χ2v) is 5.38. The van der Waals surface area contributed by atoms with Gasteiger partial charge in [0.1, 0.15) is 22.7 Å². The molecule has 0 unspecified atom stereocenters. The van der Waals surface area contributed by atoms with Crippen LogP contribution in [-0.4, -0.2) is 30.0 Å². The van der Waals surface area contributed by atoms with Gasteiger partial charge in [-0.15, -0.1) is 11.3 Å². The molecule has 0 radical (unpaired) electrons. The number of anilines is 2. The lowest BCUT2D eigenvalue weighted by atomic mass is 10.1. The molecule has 1 aromatic carbocycles. The molecule has 0 spiro atoms. The van der Waals surface area contributed by atoms with Crippen LogP contribution in [0, 0.1) is 0 Å². The predicted molar refractivity (Wildman–Crippen MR) is 87.1 cm³/mol. The SMILES string of the molecule is CNC(=O)c1ccc(Nc2ncnc3sccc23)c(OC)c1. The monoisotopic (exact) mass is 314 g/mol. The Hall–Kier alpha value is -2.67. The molecule has 22 heavy (non-hydrogen) atoms. The number of ether oxygens (including phenoxy) is 1. The molecule has 0 atom stereocenters. The zero-order chi connectivity index (χ0) is 15.5. The van der Waals surface area contributed by atoms with Crippen molar-refractivity contribution in [2.75, 3.05) is 19.5 Å². The van der Waals surface area contributed by atoms with Crippen LogP contribution >= 0.6 is 11.3 Å². The van der Waals surface area contributed by atoms with E-state index in [-0.39, 0.29) is 5.91 Å². The second kappa shape index (κ2) is 5.98. The van der Waals surface area contributed by atoms with E-state index in [4.69, 9.17) is 4.74 Å². The Morgan fingerprint density at radius 2 is 2.14 bits per heavy atom. The standard InChI is InChI=1S/C15H14N4O2S/c1-16-14(20)9-3-4-11(12(7-9)21-2)19-13-10-5-6-22-15(10)18-8-17-13/h3-8H,1-2H3,(H,16,20)(H,17,18,19). The molecule has 112 valence electrons. The van der Waals surface area contributed by atoms with E-state index in [9.17, 15) is 4.79 Å². The first-order chi connectivity index (χ1) is 10.7. The van der Waals surface area contributed by atoms with Crippen LogP contribution in [-0.2, 0) is 0 Å². The van der Waals surface area contributed by atoms with Gasteiger partial charge in [0.05, 0.1) is 18.2 Å². The third-order valence-corrected chi connectivity index (χ3v) is 4.03. The van der Waals surface area contributed by atoms with Crippen molar-refractivity contribution < 1.29 is 9.53 Å². The molecule has 3 rings (SSSR count). The fraction of sp³-hybridized carbons (Fsp3) is 0.133. The minimum absolute atomic E-state index is 0.160. The van der Waals surface area contributed by atoms with Crippen molar-refractivity contribution in [2.45, 2.75) is 0 Å². The Morgan fingerprint density at radius 1 is 1.27 bits per heavy atom. The number of amides is 1. The number of thiophene rings is 1. The van der Waals surface area contributed by atoms with E-state index in [0.717, 1.165) is 15.9 Å².